The fourth-order valence-electron chi connectivity index (χ4n) is 1.38. The van der Waals surface area contributed by atoms with Crippen molar-refractivity contribution in [3.8, 4) is 11.5 Å². The van der Waals surface area contributed by atoms with Gasteiger partial charge in [0.2, 0.25) is 0 Å². The molecule has 0 radical (unpaired) electrons. The molecular weight excluding hydrogens is 210 g/mol. The molecule has 0 N–H and O–H groups in total. The van der Waals surface area contributed by atoms with Crippen LogP contribution in [-0.4, -0.2) is 18.1 Å². The zero-order chi connectivity index (χ0) is 12.1. The van der Waals surface area contributed by atoms with Crippen molar-refractivity contribution in [2.45, 2.75) is 20.8 Å². The molecule has 0 aliphatic heterocycles. The van der Waals surface area contributed by atoms with Gasteiger partial charge >= 0.3 is 5.69 Å². The van der Waals surface area contributed by atoms with E-state index >= 15 is 0 Å². The van der Waals surface area contributed by atoms with Gasteiger partial charge in [0.25, 0.3) is 0 Å². The number of nitro benzene ring substituents is 1. The lowest BCUT2D eigenvalue weighted by atomic mass is 10.2. The Labute approximate surface area is 94.1 Å². The fourth-order valence-corrected chi connectivity index (χ4v) is 1.38. The monoisotopic (exact) mass is 225 g/mol. The second-order valence-electron chi connectivity index (χ2n) is 3.21. The molecule has 5 heteroatoms. The molecule has 0 aliphatic carbocycles. The van der Waals surface area contributed by atoms with Crippen molar-refractivity contribution in [1.29, 1.82) is 0 Å². The Morgan fingerprint density at radius 3 is 2.25 bits per heavy atom. The molecular formula is C11H15NO4. The van der Waals surface area contributed by atoms with Crippen LogP contribution in [0.25, 0.3) is 0 Å². The van der Waals surface area contributed by atoms with Crippen LogP contribution >= 0.6 is 0 Å². The zero-order valence-corrected chi connectivity index (χ0v) is 9.65. The minimum absolute atomic E-state index is 0.0594. The molecule has 0 aromatic heterocycles. The molecule has 0 bridgehead atoms. The molecule has 0 spiro atoms. The van der Waals surface area contributed by atoms with Crippen molar-refractivity contribution in [1.82, 2.24) is 0 Å². The van der Waals surface area contributed by atoms with Crippen molar-refractivity contribution in [3.63, 3.8) is 0 Å². The van der Waals surface area contributed by atoms with Gasteiger partial charge in [-0.25, -0.2) is 0 Å². The predicted octanol–water partition coefficient (Wildman–Crippen LogP) is 2.70. The smallest absolute Gasteiger partial charge is 0.314 e. The molecule has 0 aliphatic rings. The first-order valence-electron chi connectivity index (χ1n) is 5.14. The van der Waals surface area contributed by atoms with E-state index in [4.69, 9.17) is 9.47 Å². The summed E-state index contributed by atoms with van der Waals surface area (Å²) in [6, 6.07) is 3.04. The highest BCUT2D eigenvalue weighted by atomic mass is 16.6. The molecule has 0 saturated carbocycles. The van der Waals surface area contributed by atoms with Crippen LogP contribution in [0.3, 0.4) is 0 Å². The largest absolute Gasteiger partial charge is 0.493 e. The number of rotatable bonds is 5. The van der Waals surface area contributed by atoms with Crippen LogP contribution in [0.2, 0.25) is 0 Å². The minimum atomic E-state index is -0.465. The van der Waals surface area contributed by atoms with Gasteiger partial charge in [-0.05, 0) is 32.4 Å². The van der Waals surface area contributed by atoms with E-state index in [2.05, 4.69) is 0 Å². The van der Waals surface area contributed by atoms with Crippen molar-refractivity contribution in [2.24, 2.45) is 0 Å². The summed E-state index contributed by atoms with van der Waals surface area (Å²) in [5.41, 5.74) is 0.770. The van der Waals surface area contributed by atoms with Gasteiger partial charge in [0.05, 0.1) is 24.2 Å². The Kier molecular flexibility index (Phi) is 4.10. The number of hydrogen-bond acceptors (Lipinski definition) is 4. The third-order valence-electron chi connectivity index (χ3n) is 2.05. The number of benzene rings is 1. The highest BCUT2D eigenvalue weighted by Crippen LogP contribution is 2.34. The average Bonchev–Trinajstić information content (AvgIpc) is 2.22. The summed E-state index contributed by atoms with van der Waals surface area (Å²) in [5.74, 6) is 0.811. The third-order valence-corrected chi connectivity index (χ3v) is 2.05. The number of nitro groups is 1. The number of ether oxygens (including phenoxy) is 2. The molecule has 0 heterocycles. The molecule has 0 saturated heterocycles. The standard InChI is InChI=1S/C11H15NO4/c1-4-15-10-7-9(12(13)14)11(16-5-2)6-8(10)3/h6-7H,4-5H2,1-3H3. The number of hydrogen-bond donors (Lipinski definition) is 0. The quantitative estimate of drug-likeness (QED) is 0.571. The van der Waals surface area contributed by atoms with Gasteiger partial charge in [-0.15, -0.1) is 0 Å². The Hall–Kier alpha value is -1.78. The topological polar surface area (TPSA) is 61.6 Å². The van der Waals surface area contributed by atoms with Gasteiger partial charge in [0.1, 0.15) is 5.75 Å². The SMILES string of the molecule is CCOc1cc([N+](=O)[O-])c(OCC)cc1C. The van der Waals surface area contributed by atoms with Crippen molar-refractivity contribution < 1.29 is 14.4 Å². The van der Waals surface area contributed by atoms with E-state index in [1.807, 2.05) is 13.8 Å². The van der Waals surface area contributed by atoms with Crippen LogP contribution in [0.4, 0.5) is 5.69 Å². The van der Waals surface area contributed by atoms with E-state index in [1.54, 1.807) is 13.0 Å². The van der Waals surface area contributed by atoms with Gasteiger partial charge in [0.15, 0.2) is 5.75 Å². The molecule has 0 fully saturated rings. The molecule has 16 heavy (non-hydrogen) atoms. The Balaban J connectivity index is 3.19. The summed E-state index contributed by atoms with van der Waals surface area (Å²) in [7, 11) is 0. The summed E-state index contributed by atoms with van der Waals surface area (Å²) in [5, 5.41) is 10.8. The van der Waals surface area contributed by atoms with E-state index in [9.17, 15) is 10.1 Å². The van der Waals surface area contributed by atoms with E-state index < -0.39 is 4.92 Å². The Morgan fingerprint density at radius 1 is 1.19 bits per heavy atom. The van der Waals surface area contributed by atoms with Crippen molar-refractivity contribution in [2.75, 3.05) is 13.2 Å². The van der Waals surface area contributed by atoms with E-state index in [-0.39, 0.29) is 11.4 Å². The molecule has 1 aromatic carbocycles. The lowest BCUT2D eigenvalue weighted by Gasteiger charge is -2.10. The van der Waals surface area contributed by atoms with Crippen molar-refractivity contribution in [3.05, 3.63) is 27.8 Å². The van der Waals surface area contributed by atoms with E-state index in [0.29, 0.717) is 19.0 Å². The molecule has 5 nitrogen and oxygen atoms in total. The summed E-state index contributed by atoms with van der Waals surface area (Å²) in [4.78, 5) is 10.4. The first-order valence-corrected chi connectivity index (χ1v) is 5.14. The summed E-state index contributed by atoms with van der Waals surface area (Å²) in [6.45, 7) is 6.33. The molecule has 1 aromatic rings. The van der Waals surface area contributed by atoms with Gasteiger partial charge in [-0.3, -0.25) is 10.1 Å². The fraction of sp³-hybridized carbons (Fsp3) is 0.455. The lowest BCUT2D eigenvalue weighted by molar-refractivity contribution is -0.385. The number of aryl methyl sites for hydroxylation is 1. The van der Waals surface area contributed by atoms with Gasteiger partial charge in [0, 0.05) is 0 Å². The second kappa shape index (κ2) is 5.34. The lowest BCUT2D eigenvalue weighted by Crippen LogP contribution is -2.01. The van der Waals surface area contributed by atoms with Gasteiger partial charge < -0.3 is 9.47 Å². The van der Waals surface area contributed by atoms with E-state index in [1.165, 1.54) is 6.07 Å². The van der Waals surface area contributed by atoms with Crippen LogP contribution < -0.4 is 9.47 Å². The minimum Gasteiger partial charge on any atom is -0.493 e. The maximum absolute atomic E-state index is 10.8. The molecule has 0 amide bonds. The molecule has 88 valence electrons. The van der Waals surface area contributed by atoms with Crippen molar-refractivity contribution >= 4 is 5.69 Å². The van der Waals surface area contributed by atoms with E-state index in [0.717, 1.165) is 5.56 Å². The molecule has 0 atom stereocenters. The highest BCUT2D eigenvalue weighted by molar-refractivity contribution is 5.54. The van der Waals surface area contributed by atoms with Gasteiger partial charge in [-0.2, -0.15) is 0 Å². The first-order chi connectivity index (χ1) is 7.60. The predicted molar refractivity (Wildman–Crippen MR) is 60.2 cm³/mol. The van der Waals surface area contributed by atoms with Crippen LogP contribution in [0, 0.1) is 17.0 Å². The van der Waals surface area contributed by atoms with Gasteiger partial charge in [-0.1, -0.05) is 0 Å². The zero-order valence-electron chi connectivity index (χ0n) is 9.65. The average molecular weight is 225 g/mol. The number of nitrogens with zero attached hydrogens (tertiary/aromatic N) is 1. The highest BCUT2D eigenvalue weighted by Gasteiger charge is 2.18. The van der Waals surface area contributed by atoms with Crippen LogP contribution in [0.1, 0.15) is 19.4 Å². The third kappa shape index (κ3) is 2.62. The maximum atomic E-state index is 10.8. The molecule has 0 unspecified atom stereocenters. The Bertz CT molecular complexity index is 390. The molecule has 1 rings (SSSR count). The Morgan fingerprint density at radius 2 is 1.75 bits per heavy atom. The first kappa shape index (κ1) is 12.3. The summed E-state index contributed by atoms with van der Waals surface area (Å²) >= 11 is 0. The summed E-state index contributed by atoms with van der Waals surface area (Å²) in [6.07, 6.45) is 0. The van der Waals surface area contributed by atoms with Crippen LogP contribution in [0.5, 0.6) is 11.5 Å². The maximum Gasteiger partial charge on any atom is 0.314 e. The summed E-state index contributed by atoms with van der Waals surface area (Å²) < 4.78 is 10.5. The van der Waals surface area contributed by atoms with Crippen LogP contribution in [-0.2, 0) is 0 Å². The second-order valence-corrected chi connectivity index (χ2v) is 3.21. The van der Waals surface area contributed by atoms with Crippen LogP contribution in [0.15, 0.2) is 12.1 Å². The normalized spacial score (nSPS) is 9.94.